The molecule has 0 aromatic heterocycles. The molecule has 3 heteroatoms. The number of hydrogen-bond donors (Lipinski definition) is 1. The Morgan fingerprint density at radius 1 is 1.28 bits per heavy atom. The first-order valence-corrected chi connectivity index (χ1v) is 6.62. The van der Waals surface area contributed by atoms with Crippen molar-refractivity contribution >= 4 is 0 Å². The van der Waals surface area contributed by atoms with Crippen LogP contribution in [-0.4, -0.2) is 38.2 Å². The molecule has 0 spiro atoms. The zero-order chi connectivity index (χ0) is 13.5. The first-order valence-electron chi connectivity index (χ1n) is 6.62. The molecule has 1 rings (SSSR count). The van der Waals surface area contributed by atoms with E-state index in [1.165, 1.54) is 5.56 Å². The van der Waals surface area contributed by atoms with Crippen molar-refractivity contribution in [2.45, 2.75) is 32.9 Å². The molecule has 0 fully saturated rings. The van der Waals surface area contributed by atoms with E-state index in [0.29, 0.717) is 12.1 Å². The third-order valence-electron chi connectivity index (χ3n) is 3.39. The van der Waals surface area contributed by atoms with Gasteiger partial charge in [-0.25, -0.2) is 0 Å². The van der Waals surface area contributed by atoms with Gasteiger partial charge >= 0.3 is 0 Å². The van der Waals surface area contributed by atoms with E-state index in [0.717, 1.165) is 18.8 Å². The summed E-state index contributed by atoms with van der Waals surface area (Å²) in [5.74, 6) is 0.917. The highest BCUT2D eigenvalue weighted by Gasteiger charge is 2.07. The molecule has 0 radical (unpaired) electrons. The number of nitrogens with zero attached hydrogens (tertiary/aromatic N) is 1. The van der Waals surface area contributed by atoms with Crippen molar-refractivity contribution in [1.82, 2.24) is 10.2 Å². The van der Waals surface area contributed by atoms with Crippen LogP contribution >= 0.6 is 0 Å². The van der Waals surface area contributed by atoms with E-state index in [2.05, 4.69) is 50.2 Å². The molecule has 3 nitrogen and oxygen atoms in total. The zero-order valence-electron chi connectivity index (χ0n) is 12.2. The third-order valence-corrected chi connectivity index (χ3v) is 3.39. The van der Waals surface area contributed by atoms with Crippen LogP contribution in [0.2, 0.25) is 0 Å². The van der Waals surface area contributed by atoms with Crippen LogP contribution in [-0.2, 0) is 0 Å². The predicted molar refractivity (Wildman–Crippen MR) is 77.2 cm³/mol. The van der Waals surface area contributed by atoms with Gasteiger partial charge < -0.3 is 15.0 Å². The molecule has 1 aromatic carbocycles. The van der Waals surface area contributed by atoms with E-state index < -0.39 is 0 Å². The second kappa shape index (κ2) is 7.39. The monoisotopic (exact) mass is 250 g/mol. The Morgan fingerprint density at radius 2 is 2.00 bits per heavy atom. The highest BCUT2D eigenvalue weighted by molar-refractivity contribution is 5.30. The lowest BCUT2D eigenvalue weighted by molar-refractivity contribution is 0.270. The van der Waals surface area contributed by atoms with Gasteiger partial charge in [0.15, 0.2) is 0 Å². The zero-order valence-corrected chi connectivity index (χ0v) is 12.2. The Kier molecular flexibility index (Phi) is 6.16. The molecular weight excluding hydrogens is 224 g/mol. The maximum atomic E-state index is 5.24. The minimum absolute atomic E-state index is 0.348. The second-order valence-corrected chi connectivity index (χ2v) is 5.03. The van der Waals surface area contributed by atoms with E-state index in [-0.39, 0.29) is 0 Å². The van der Waals surface area contributed by atoms with Gasteiger partial charge in [0.25, 0.3) is 0 Å². The number of methoxy groups -OCH3 is 1. The van der Waals surface area contributed by atoms with Crippen LogP contribution in [0.3, 0.4) is 0 Å². The van der Waals surface area contributed by atoms with E-state index in [4.69, 9.17) is 4.74 Å². The molecule has 1 aromatic rings. The molecule has 0 aliphatic carbocycles. The van der Waals surface area contributed by atoms with Gasteiger partial charge in [0.2, 0.25) is 0 Å². The third kappa shape index (κ3) is 4.67. The topological polar surface area (TPSA) is 24.5 Å². The van der Waals surface area contributed by atoms with E-state index in [1.807, 2.05) is 12.1 Å². The summed E-state index contributed by atoms with van der Waals surface area (Å²) in [5.41, 5.74) is 1.27. The molecule has 0 saturated carbocycles. The summed E-state index contributed by atoms with van der Waals surface area (Å²) in [4.78, 5) is 2.34. The summed E-state index contributed by atoms with van der Waals surface area (Å²) < 4.78 is 5.24. The van der Waals surface area contributed by atoms with Crippen LogP contribution in [0.1, 0.15) is 32.4 Å². The van der Waals surface area contributed by atoms with Gasteiger partial charge in [0.1, 0.15) is 5.75 Å². The van der Waals surface area contributed by atoms with Crippen molar-refractivity contribution in [3.8, 4) is 5.75 Å². The van der Waals surface area contributed by atoms with Gasteiger partial charge in [0, 0.05) is 25.2 Å². The van der Waals surface area contributed by atoms with Gasteiger partial charge in [0.05, 0.1) is 7.11 Å². The molecule has 1 atom stereocenters. The van der Waals surface area contributed by atoms with Gasteiger partial charge in [-0.1, -0.05) is 12.1 Å². The molecule has 1 N–H and O–H groups in total. The number of benzene rings is 1. The Balaban J connectivity index is 2.42. The lowest BCUT2D eigenvalue weighted by Crippen LogP contribution is -2.34. The van der Waals surface area contributed by atoms with Crippen LogP contribution in [0.25, 0.3) is 0 Å². The fourth-order valence-corrected chi connectivity index (χ4v) is 1.74. The van der Waals surface area contributed by atoms with Crippen LogP contribution in [0.4, 0.5) is 0 Å². The molecule has 0 aliphatic heterocycles. The Morgan fingerprint density at radius 3 is 2.61 bits per heavy atom. The number of ether oxygens (including phenoxy) is 1. The van der Waals surface area contributed by atoms with Crippen LogP contribution < -0.4 is 10.1 Å². The number of nitrogens with one attached hydrogen (secondary N) is 1. The predicted octanol–water partition coefficient (Wildman–Crippen LogP) is 2.69. The molecule has 1 unspecified atom stereocenters. The number of hydrogen-bond acceptors (Lipinski definition) is 3. The first kappa shape index (κ1) is 15.0. The summed E-state index contributed by atoms with van der Waals surface area (Å²) >= 11 is 0. The fourth-order valence-electron chi connectivity index (χ4n) is 1.74. The highest BCUT2D eigenvalue weighted by atomic mass is 16.5. The van der Waals surface area contributed by atoms with Crippen LogP contribution in [0.5, 0.6) is 5.75 Å². The largest absolute Gasteiger partial charge is 0.497 e. The van der Waals surface area contributed by atoms with Crippen molar-refractivity contribution in [2.24, 2.45) is 0 Å². The molecule has 0 saturated heterocycles. The minimum atomic E-state index is 0.348. The van der Waals surface area contributed by atoms with E-state index in [9.17, 15) is 0 Å². The molecule has 0 aliphatic rings. The lowest BCUT2D eigenvalue weighted by atomic mass is 10.1. The quantitative estimate of drug-likeness (QED) is 0.805. The van der Waals surface area contributed by atoms with Crippen molar-refractivity contribution in [2.75, 3.05) is 27.2 Å². The van der Waals surface area contributed by atoms with Crippen molar-refractivity contribution < 1.29 is 4.74 Å². The maximum Gasteiger partial charge on any atom is 0.119 e. The molecule has 0 bridgehead atoms. The molecule has 102 valence electrons. The van der Waals surface area contributed by atoms with Crippen molar-refractivity contribution in [3.63, 3.8) is 0 Å². The van der Waals surface area contributed by atoms with Crippen LogP contribution in [0, 0.1) is 0 Å². The van der Waals surface area contributed by atoms with Crippen molar-refractivity contribution in [1.29, 1.82) is 0 Å². The second-order valence-electron chi connectivity index (χ2n) is 5.03. The standard InChI is InChI=1S/C15H26N2O/c1-12(2)17(4)10-9-16-13(3)14-7-6-8-15(11-14)18-5/h6-8,11-13,16H,9-10H2,1-5H3. The van der Waals surface area contributed by atoms with E-state index in [1.54, 1.807) is 7.11 Å². The normalized spacial score (nSPS) is 13.1. The van der Waals surface area contributed by atoms with Gasteiger partial charge in [-0.05, 0) is 45.5 Å². The molecule has 18 heavy (non-hydrogen) atoms. The molecular formula is C15H26N2O. The SMILES string of the molecule is COc1cccc(C(C)NCCN(C)C(C)C)c1. The highest BCUT2D eigenvalue weighted by Crippen LogP contribution is 2.18. The Labute approximate surface area is 111 Å². The fraction of sp³-hybridized carbons (Fsp3) is 0.600. The van der Waals surface area contributed by atoms with Gasteiger partial charge in [-0.15, -0.1) is 0 Å². The summed E-state index contributed by atoms with van der Waals surface area (Å²) in [5, 5.41) is 3.54. The summed E-state index contributed by atoms with van der Waals surface area (Å²) in [6.07, 6.45) is 0. The smallest absolute Gasteiger partial charge is 0.119 e. The lowest BCUT2D eigenvalue weighted by Gasteiger charge is -2.22. The average Bonchev–Trinajstić information content (AvgIpc) is 2.38. The summed E-state index contributed by atoms with van der Waals surface area (Å²) in [7, 11) is 3.86. The number of likely N-dealkylation sites (N-methyl/N-ethyl adjacent to an activating group) is 1. The van der Waals surface area contributed by atoms with E-state index >= 15 is 0 Å². The molecule has 0 heterocycles. The Bertz CT molecular complexity index is 352. The maximum absolute atomic E-state index is 5.24. The van der Waals surface area contributed by atoms with Crippen molar-refractivity contribution in [3.05, 3.63) is 29.8 Å². The average molecular weight is 250 g/mol. The summed E-state index contributed by atoms with van der Waals surface area (Å²) in [6.45, 7) is 8.67. The van der Waals surface area contributed by atoms with Gasteiger partial charge in [-0.3, -0.25) is 0 Å². The molecule has 0 amide bonds. The first-order chi connectivity index (χ1) is 8.54. The number of rotatable bonds is 7. The van der Waals surface area contributed by atoms with Gasteiger partial charge in [-0.2, -0.15) is 0 Å². The minimum Gasteiger partial charge on any atom is -0.497 e. The summed E-state index contributed by atoms with van der Waals surface area (Å²) in [6, 6.07) is 9.17. The van der Waals surface area contributed by atoms with Crippen LogP contribution in [0.15, 0.2) is 24.3 Å². The Hall–Kier alpha value is -1.06.